The monoisotopic (exact) mass is 602 g/mol. The number of hydrogen-bond donors (Lipinski definition) is 1. The van der Waals surface area contributed by atoms with Gasteiger partial charge in [-0.05, 0) is 54.1 Å². The third kappa shape index (κ3) is 3.90. The zero-order valence-corrected chi connectivity index (χ0v) is 25.2. The maximum absolute atomic E-state index is 6.35. The predicted molar refractivity (Wildman–Crippen MR) is 192 cm³/mol. The van der Waals surface area contributed by atoms with Gasteiger partial charge in [-0.25, -0.2) is 4.98 Å². The SMILES string of the molecule is c1ccc(-n2c(-c3cccc4c3[nH]c3ccccc34)nc3c(-c4cccc(-c5nccc6c5oc5ccccc56)c4)cccc32)cc1. The second kappa shape index (κ2) is 10.0. The molecule has 0 saturated carbocycles. The van der Waals surface area contributed by atoms with Gasteiger partial charge in [-0.3, -0.25) is 9.55 Å². The van der Waals surface area contributed by atoms with Crippen molar-refractivity contribution in [2.75, 3.05) is 0 Å². The number of rotatable bonds is 4. The Morgan fingerprint density at radius 3 is 2.26 bits per heavy atom. The molecule has 0 radical (unpaired) electrons. The Morgan fingerprint density at radius 1 is 0.574 bits per heavy atom. The van der Waals surface area contributed by atoms with Crippen LogP contribution in [0.3, 0.4) is 0 Å². The van der Waals surface area contributed by atoms with Gasteiger partial charge in [0, 0.05) is 55.6 Å². The van der Waals surface area contributed by atoms with Gasteiger partial charge < -0.3 is 9.40 Å². The van der Waals surface area contributed by atoms with Crippen molar-refractivity contribution >= 4 is 54.8 Å². The highest BCUT2D eigenvalue weighted by Crippen LogP contribution is 2.40. The average molecular weight is 603 g/mol. The molecule has 47 heavy (non-hydrogen) atoms. The highest BCUT2D eigenvalue weighted by molar-refractivity contribution is 6.12. The lowest BCUT2D eigenvalue weighted by molar-refractivity contribution is 0.668. The summed E-state index contributed by atoms with van der Waals surface area (Å²) >= 11 is 0. The van der Waals surface area contributed by atoms with Crippen LogP contribution in [0.15, 0.2) is 156 Å². The van der Waals surface area contributed by atoms with Gasteiger partial charge in [0.05, 0.1) is 16.6 Å². The predicted octanol–water partition coefficient (Wildman–Crippen LogP) is 11.0. The number of H-pyrrole nitrogens is 1. The normalized spacial score (nSPS) is 11.8. The highest BCUT2D eigenvalue weighted by atomic mass is 16.3. The van der Waals surface area contributed by atoms with Crippen molar-refractivity contribution in [3.8, 4) is 39.5 Å². The fourth-order valence-electron chi connectivity index (χ4n) is 7.10. The Balaban J connectivity index is 1.21. The van der Waals surface area contributed by atoms with Crippen molar-refractivity contribution in [2.24, 2.45) is 0 Å². The molecule has 0 bridgehead atoms. The summed E-state index contributed by atoms with van der Waals surface area (Å²) in [5, 5.41) is 4.55. The molecule has 0 amide bonds. The Bertz CT molecular complexity index is 2800. The number of benzene rings is 6. The standard InChI is InChI=1S/C42H26N4O/c1-2-13-28(14-3-1)46-36-21-10-17-29(40(36)45-42(46)34-19-9-18-32-30-15-4-6-20-35(30)44-39(32)34)26-11-8-12-27(25-26)38-41-33(23-24-43-38)31-16-5-7-22-37(31)47-41/h1-25,44H. The Kier molecular flexibility index (Phi) is 5.51. The van der Waals surface area contributed by atoms with E-state index in [0.29, 0.717) is 0 Å². The molecular weight excluding hydrogens is 576 g/mol. The molecule has 0 unspecified atom stereocenters. The van der Waals surface area contributed by atoms with Crippen LogP contribution in [-0.4, -0.2) is 19.5 Å². The molecule has 0 aliphatic heterocycles. The second-order valence-electron chi connectivity index (χ2n) is 11.9. The van der Waals surface area contributed by atoms with Crippen LogP contribution in [0, 0.1) is 0 Å². The maximum atomic E-state index is 6.35. The van der Waals surface area contributed by atoms with E-state index in [-0.39, 0.29) is 0 Å². The minimum atomic E-state index is 0.797. The van der Waals surface area contributed by atoms with E-state index in [4.69, 9.17) is 14.4 Å². The molecule has 0 fully saturated rings. The zero-order valence-electron chi connectivity index (χ0n) is 25.2. The van der Waals surface area contributed by atoms with Gasteiger partial charge in [-0.2, -0.15) is 0 Å². The molecule has 4 aromatic heterocycles. The van der Waals surface area contributed by atoms with Crippen LogP contribution in [-0.2, 0) is 0 Å². The average Bonchev–Trinajstić information content (AvgIpc) is 3.83. The number of pyridine rings is 1. The van der Waals surface area contributed by atoms with E-state index in [2.05, 4.69) is 125 Å². The third-order valence-electron chi connectivity index (χ3n) is 9.22. The number of aromatic nitrogens is 4. The Labute approximate surface area is 269 Å². The van der Waals surface area contributed by atoms with E-state index in [1.807, 2.05) is 36.5 Å². The van der Waals surface area contributed by atoms with Gasteiger partial charge >= 0.3 is 0 Å². The molecule has 0 aliphatic rings. The first-order valence-corrected chi connectivity index (χ1v) is 15.8. The summed E-state index contributed by atoms with van der Waals surface area (Å²) in [6, 6.07) is 50.6. The first kappa shape index (κ1) is 25.8. The van der Waals surface area contributed by atoms with Crippen molar-refractivity contribution in [3.63, 3.8) is 0 Å². The molecule has 10 rings (SSSR count). The molecule has 5 heteroatoms. The summed E-state index contributed by atoms with van der Waals surface area (Å²) in [6.07, 6.45) is 1.87. The van der Waals surface area contributed by atoms with Crippen LogP contribution >= 0.6 is 0 Å². The lowest BCUT2D eigenvalue weighted by Gasteiger charge is -2.11. The summed E-state index contributed by atoms with van der Waals surface area (Å²) < 4.78 is 8.62. The number of nitrogens with zero attached hydrogens (tertiary/aromatic N) is 3. The number of furan rings is 1. The molecular formula is C42H26N4O. The number of aromatic amines is 1. The zero-order chi connectivity index (χ0) is 30.9. The number of fused-ring (bicyclic) bond motifs is 7. The highest BCUT2D eigenvalue weighted by Gasteiger charge is 2.21. The molecule has 0 spiro atoms. The topological polar surface area (TPSA) is 59.6 Å². The molecule has 1 N–H and O–H groups in total. The summed E-state index contributed by atoms with van der Waals surface area (Å²) in [6.45, 7) is 0. The quantitative estimate of drug-likeness (QED) is 0.218. The Hall–Kier alpha value is -6.46. The van der Waals surface area contributed by atoms with E-state index in [9.17, 15) is 0 Å². The van der Waals surface area contributed by atoms with Gasteiger partial charge in [-0.1, -0.05) is 97.1 Å². The number of nitrogens with one attached hydrogen (secondary N) is 1. The molecule has 10 aromatic rings. The Morgan fingerprint density at radius 2 is 1.32 bits per heavy atom. The number of imidazole rings is 1. The van der Waals surface area contributed by atoms with Gasteiger partial charge in [0.15, 0.2) is 5.58 Å². The minimum absolute atomic E-state index is 0.797. The first-order valence-electron chi connectivity index (χ1n) is 15.8. The number of hydrogen-bond acceptors (Lipinski definition) is 3. The fraction of sp³-hybridized carbons (Fsp3) is 0. The molecule has 0 aliphatic carbocycles. The molecule has 220 valence electrons. The van der Waals surface area contributed by atoms with Gasteiger partial charge in [0.1, 0.15) is 17.1 Å². The summed E-state index contributed by atoms with van der Waals surface area (Å²) in [5.41, 5.74) is 11.9. The smallest absolute Gasteiger partial charge is 0.161 e. The van der Waals surface area contributed by atoms with E-state index >= 15 is 0 Å². The van der Waals surface area contributed by atoms with Crippen molar-refractivity contribution in [1.82, 2.24) is 19.5 Å². The molecule has 0 saturated heterocycles. The van der Waals surface area contributed by atoms with E-state index in [1.54, 1.807) is 0 Å². The van der Waals surface area contributed by atoms with Crippen LogP contribution in [0.25, 0.3) is 94.2 Å². The van der Waals surface area contributed by atoms with Gasteiger partial charge in [-0.15, -0.1) is 0 Å². The van der Waals surface area contributed by atoms with Crippen molar-refractivity contribution in [2.45, 2.75) is 0 Å². The van der Waals surface area contributed by atoms with Crippen molar-refractivity contribution < 1.29 is 4.42 Å². The maximum Gasteiger partial charge on any atom is 0.161 e. The lowest BCUT2D eigenvalue weighted by Crippen LogP contribution is -1.97. The van der Waals surface area contributed by atoms with Gasteiger partial charge in [0.25, 0.3) is 0 Å². The number of para-hydroxylation sites is 5. The molecule has 4 heterocycles. The van der Waals surface area contributed by atoms with Crippen molar-refractivity contribution in [3.05, 3.63) is 152 Å². The van der Waals surface area contributed by atoms with E-state index in [1.165, 1.54) is 10.8 Å². The van der Waals surface area contributed by atoms with Crippen LogP contribution in [0.5, 0.6) is 0 Å². The van der Waals surface area contributed by atoms with Gasteiger partial charge in [0.2, 0.25) is 0 Å². The van der Waals surface area contributed by atoms with Crippen LogP contribution in [0.1, 0.15) is 0 Å². The first-order chi connectivity index (χ1) is 23.3. The second-order valence-corrected chi connectivity index (χ2v) is 11.9. The molecule has 0 atom stereocenters. The summed E-state index contributed by atoms with van der Waals surface area (Å²) in [7, 11) is 0. The van der Waals surface area contributed by atoms with E-state index in [0.717, 1.165) is 83.5 Å². The lowest BCUT2D eigenvalue weighted by atomic mass is 9.99. The van der Waals surface area contributed by atoms with E-state index < -0.39 is 0 Å². The van der Waals surface area contributed by atoms with Crippen LogP contribution in [0.2, 0.25) is 0 Å². The fourth-order valence-corrected chi connectivity index (χ4v) is 7.10. The molecule has 6 aromatic carbocycles. The van der Waals surface area contributed by atoms with Crippen molar-refractivity contribution in [1.29, 1.82) is 0 Å². The summed E-state index contributed by atoms with van der Waals surface area (Å²) in [5.74, 6) is 0.890. The molecule has 5 nitrogen and oxygen atoms in total. The largest absolute Gasteiger partial charge is 0.454 e. The minimum Gasteiger partial charge on any atom is -0.454 e. The summed E-state index contributed by atoms with van der Waals surface area (Å²) in [4.78, 5) is 13.9. The van der Waals surface area contributed by atoms with Crippen LogP contribution < -0.4 is 0 Å². The third-order valence-corrected chi connectivity index (χ3v) is 9.22. The van der Waals surface area contributed by atoms with Crippen LogP contribution in [0.4, 0.5) is 0 Å².